The predicted molar refractivity (Wildman–Crippen MR) is 113 cm³/mol. The molecule has 1 atom stereocenters. The van der Waals surface area contributed by atoms with E-state index in [9.17, 15) is 9.59 Å². The minimum absolute atomic E-state index is 0.0771. The van der Waals surface area contributed by atoms with Crippen molar-refractivity contribution in [1.29, 1.82) is 0 Å². The fourth-order valence-electron chi connectivity index (χ4n) is 2.80. The van der Waals surface area contributed by atoms with Crippen LogP contribution in [0.4, 0.5) is 15.9 Å². The standard InChI is InChI=1S/C19H27N7O2S/c1-13(15(27)24-17-23-14(12-29-17)19(2,3)4)22-18(28)26-10-8-25(9-11-26)16-20-6-5-7-21-16/h5-7,12-13H,8-11H2,1-4H3,(H,22,28)(H,23,24,27)/t13-/m0/s1. The molecule has 0 saturated carbocycles. The highest BCUT2D eigenvalue weighted by atomic mass is 32.1. The maximum absolute atomic E-state index is 12.5. The van der Waals surface area contributed by atoms with E-state index in [2.05, 4.69) is 46.4 Å². The average molecular weight is 418 g/mol. The number of nitrogens with one attached hydrogen (secondary N) is 2. The van der Waals surface area contributed by atoms with Crippen LogP contribution < -0.4 is 15.5 Å². The third-order valence-electron chi connectivity index (χ3n) is 4.64. The molecule has 3 heterocycles. The normalized spacial score (nSPS) is 15.7. The molecule has 1 aliphatic rings. The van der Waals surface area contributed by atoms with E-state index in [1.54, 1.807) is 30.3 Å². The molecule has 0 aromatic carbocycles. The number of carbonyl (C=O) groups excluding carboxylic acids is 2. The summed E-state index contributed by atoms with van der Waals surface area (Å²) in [5, 5.41) is 8.02. The number of urea groups is 1. The van der Waals surface area contributed by atoms with Gasteiger partial charge in [0.05, 0.1) is 5.69 Å². The van der Waals surface area contributed by atoms with Crippen molar-refractivity contribution >= 4 is 34.4 Å². The fraction of sp³-hybridized carbons (Fsp3) is 0.526. The van der Waals surface area contributed by atoms with Gasteiger partial charge < -0.3 is 20.4 Å². The summed E-state index contributed by atoms with van der Waals surface area (Å²) in [6.45, 7) is 10.2. The minimum Gasteiger partial charge on any atom is -0.337 e. The summed E-state index contributed by atoms with van der Waals surface area (Å²) < 4.78 is 0. The van der Waals surface area contributed by atoms with Gasteiger partial charge in [0.1, 0.15) is 6.04 Å². The van der Waals surface area contributed by atoms with Crippen LogP contribution in [0, 0.1) is 0 Å². The third-order valence-corrected chi connectivity index (χ3v) is 5.40. The van der Waals surface area contributed by atoms with Gasteiger partial charge in [-0.05, 0) is 13.0 Å². The smallest absolute Gasteiger partial charge is 0.318 e. The highest BCUT2D eigenvalue weighted by molar-refractivity contribution is 7.14. The van der Waals surface area contributed by atoms with Gasteiger partial charge in [0, 0.05) is 49.4 Å². The van der Waals surface area contributed by atoms with Gasteiger partial charge in [-0.2, -0.15) is 0 Å². The van der Waals surface area contributed by atoms with E-state index in [0.29, 0.717) is 37.3 Å². The molecule has 3 rings (SSSR count). The molecule has 1 saturated heterocycles. The van der Waals surface area contributed by atoms with Crippen molar-refractivity contribution in [2.24, 2.45) is 0 Å². The summed E-state index contributed by atoms with van der Waals surface area (Å²) in [6, 6.07) is 0.853. The first-order valence-corrected chi connectivity index (χ1v) is 10.5. The number of nitrogens with zero attached hydrogens (tertiary/aromatic N) is 5. The molecule has 0 aliphatic carbocycles. The van der Waals surface area contributed by atoms with Gasteiger partial charge in [-0.3, -0.25) is 4.79 Å². The lowest BCUT2D eigenvalue weighted by molar-refractivity contribution is -0.117. The Morgan fingerprint density at radius 1 is 1.14 bits per heavy atom. The quantitative estimate of drug-likeness (QED) is 0.790. The summed E-state index contributed by atoms with van der Waals surface area (Å²) in [5.41, 5.74) is 0.849. The predicted octanol–water partition coefficient (Wildman–Crippen LogP) is 2.09. The van der Waals surface area contributed by atoms with Crippen LogP contribution in [0.5, 0.6) is 0 Å². The Kier molecular flexibility index (Phi) is 6.31. The van der Waals surface area contributed by atoms with Gasteiger partial charge >= 0.3 is 6.03 Å². The molecule has 9 nitrogen and oxygen atoms in total. The number of piperazine rings is 1. The van der Waals surface area contributed by atoms with E-state index >= 15 is 0 Å². The number of rotatable bonds is 4. The van der Waals surface area contributed by atoms with E-state index in [-0.39, 0.29) is 17.4 Å². The second-order valence-corrected chi connectivity index (χ2v) is 8.83. The van der Waals surface area contributed by atoms with Gasteiger partial charge in [-0.25, -0.2) is 19.7 Å². The highest BCUT2D eigenvalue weighted by Gasteiger charge is 2.25. The van der Waals surface area contributed by atoms with Crippen LogP contribution in [0.1, 0.15) is 33.4 Å². The molecule has 0 bridgehead atoms. The summed E-state index contributed by atoms with van der Waals surface area (Å²) >= 11 is 1.38. The lowest BCUT2D eigenvalue weighted by atomic mass is 9.93. The van der Waals surface area contributed by atoms with Gasteiger partial charge in [-0.15, -0.1) is 11.3 Å². The second-order valence-electron chi connectivity index (χ2n) is 7.97. The molecular formula is C19H27N7O2S. The van der Waals surface area contributed by atoms with E-state index < -0.39 is 6.04 Å². The molecule has 1 aliphatic heterocycles. The van der Waals surface area contributed by atoms with Crippen molar-refractivity contribution in [3.05, 3.63) is 29.5 Å². The number of thiazole rings is 1. The van der Waals surface area contributed by atoms with Crippen molar-refractivity contribution in [3.63, 3.8) is 0 Å². The van der Waals surface area contributed by atoms with E-state index in [1.807, 2.05) is 10.3 Å². The second kappa shape index (κ2) is 8.73. The molecule has 3 amide bonds. The van der Waals surface area contributed by atoms with E-state index in [0.717, 1.165) is 5.69 Å². The molecule has 29 heavy (non-hydrogen) atoms. The Labute approximate surface area is 174 Å². The van der Waals surface area contributed by atoms with Crippen LogP contribution in [0.3, 0.4) is 0 Å². The molecule has 0 radical (unpaired) electrons. The summed E-state index contributed by atoms with van der Waals surface area (Å²) in [4.78, 5) is 41.6. The summed E-state index contributed by atoms with van der Waals surface area (Å²) in [5.74, 6) is 0.378. The molecule has 0 unspecified atom stereocenters. The molecule has 0 spiro atoms. The molecule has 10 heteroatoms. The highest BCUT2D eigenvalue weighted by Crippen LogP contribution is 2.26. The average Bonchev–Trinajstić information content (AvgIpc) is 3.17. The van der Waals surface area contributed by atoms with Gasteiger partial charge in [0.15, 0.2) is 5.13 Å². The van der Waals surface area contributed by atoms with E-state index in [1.165, 1.54) is 11.3 Å². The van der Waals surface area contributed by atoms with Crippen molar-refractivity contribution < 1.29 is 9.59 Å². The van der Waals surface area contributed by atoms with Crippen LogP contribution in [0.25, 0.3) is 0 Å². The van der Waals surface area contributed by atoms with Crippen LogP contribution in [0.15, 0.2) is 23.8 Å². The number of carbonyl (C=O) groups is 2. The Balaban J connectivity index is 1.47. The monoisotopic (exact) mass is 417 g/mol. The zero-order valence-electron chi connectivity index (χ0n) is 17.2. The SMILES string of the molecule is C[C@H](NC(=O)N1CCN(c2ncccn2)CC1)C(=O)Nc1nc(C(C)(C)C)cs1. The largest absolute Gasteiger partial charge is 0.337 e. The molecule has 156 valence electrons. The van der Waals surface area contributed by atoms with Gasteiger partial charge in [-0.1, -0.05) is 20.8 Å². The first-order chi connectivity index (χ1) is 13.7. The minimum atomic E-state index is -0.667. The Morgan fingerprint density at radius 2 is 1.79 bits per heavy atom. The number of hydrogen-bond donors (Lipinski definition) is 2. The molecule has 2 aromatic rings. The van der Waals surface area contributed by atoms with Gasteiger partial charge in [0.2, 0.25) is 11.9 Å². The van der Waals surface area contributed by atoms with Crippen molar-refractivity contribution in [3.8, 4) is 0 Å². The number of aromatic nitrogens is 3. The molecule has 2 aromatic heterocycles. The third kappa shape index (κ3) is 5.41. The zero-order chi connectivity index (χ0) is 21.0. The molecular weight excluding hydrogens is 390 g/mol. The number of anilines is 2. The first kappa shape index (κ1) is 21.0. The number of hydrogen-bond acceptors (Lipinski definition) is 7. The molecule has 2 N–H and O–H groups in total. The maximum Gasteiger partial charge on any atom is 0.318 e. The van der Waals surface area contributed by atoms with Crippen LogP contribution >= 0.6 is 11.3 Å². The van der Waals surface area contributed by atoms with Crippen molar-refractivity contribution in [2.45, 2.75) is 39.2 Å². The van der Waals surface area contributed by atoms with Gasteiger partial charge in [0.25, 0.3) is 0 Å². The van der Waals surface area contributed by atoms with Crippen LogP contribution in [-0.4, -0.2) is 64.0 Å². The van der Waals surface area contributed by atoms with Crippen LogP contribution in [0.2, 0.25) is 0 Å². The zero-order valence-corrected chi connectivity index (χ0v) is 18.0. The first-order valence-electron chi connectivity index (χ1n) is 9.58. The van der Waals surface area contributed by atoms with Crippen LogP contribution in [-0.2, 0) is 10.2 Å². The van der Waals surface area contributed by atoms with Crippen molar-refractivity contribution in [1.82, 2.24) is 25.2 Å². The topological polar surface area (TPSA) is 103 Å². The number of amides is 3. The maximum atomic E-state index is 12.5. The van der Waals surface area contributed by atoms with E-state index in [4.69, 9.17) is 0 Å². The van der Waals surface area contributed by atoms with Crippen molar-refractivity contribution in [2.75, 3.05) is 36.4 Å². The lowest BCUT2D eigenvalue weighted by Crippen LogP contribution is -2.55. The summed E-state index contributed by atoms with van der Waals surface area (Å²) in [7, 11) is 0. The molecule has 1 fully saturated rings. The Hall–Kier alpha value is -2.75. The fourth-order valence-corrected chi connectivity index (χ4v) is 3.74. The lowest BCUT2D eigenvalue weighted by Gasteiger charge is -2.35. The summed E-state index contributed by atoms with van der Waals surface area (Å²) in [6.07, 6.45) is 3.41. The Morgan fingerprint density at radius 3 is 2.38 bits per heavy atom. The Bertz CT molecular complexity index is 842.